The van der Waals surface area contributed by atoms with E-state index >= 15 is 0 Å². The maximum absolute atomic E-state index is 13.7. The van der Waals surface area contributed by atoms with Crippen LogP contribution >= 0.6 is 0 Å². The Morgan fingerprint density at radius 2 is 1.83 bits per heavy atom. The van der Waals surface area contributed by atoms with Gasteiger partial charge in [0.05, 0.1) is 12.7 Å². The van der Waals surface area contributed by atoms with E-state index in [1.54, 1.807) is 31.2 Å². The summed E-state index contributed by atoms with van der Waals surface area (Å²) in [6, 6.07) is 15.6. The monoisotopic (exact) mass is 491 g/mol. The molecule has 0 saturated heterocycles. The number of carbonyl (C=O) groups is 3. The number of hydrogen-bond donors (Lipinski definition) is 2. The van der Waals surface area contributed by atoms with Crippen LogP contribution in [-0.2, 0) is 23.9 Å². The number of para-hydroxylation sites is 1. The van der Waals surface area contributed by atoms with Crippen LogP contribution in [0.5, 0.6) is 11.5 Å². The molecule has 8 nitrogen and oxygen atoms in total. The molecule has 0 spiro atoms. The summed E-state index contributed by atoms with van der Waals surface area (Å²) < 4.78 is 16.1. The number of nitrogens with one attached hydrogen (secondary N) is 1. The van der Waals surface area contributed by atoms with Crippen molar-refractivity contribution in [2.45, 2.75) is 26.2 Å². The van der Waals surface area contributed by atoms with Crippen LogP contribution < -0.4 is 10.1 Å². The molecule has 2 aliphatic rings. The van der Waals surface area contributed by atoms with Gasteiger partial charge in [0.15, 0.2) is 5.78 Å². The van der Waals surface area contributed by atoms with E-state index in [-0.39, 0.29) is 30.5 Å². The normalized spacial score (nSPS) is 21.4. The highest BCUT2D eigenvalue weighted by Gasteiger charge is 2.47. The molecule has 3 atom stereocenters. The van der Waals surface area contributed by atoms with Gasteiger partial charge in [-0.1, -0.05) is 37.3 Å². The average Bonchev–Trinajstić information content (AvgIpc) is 2.86. The molecule has 0 amide bonds. The van der Waals surface area contributed by atoms with E-state index in [2.05, 4.69) is 5.32 Å². The molecular formula is C28H29NO7. The van der Waals surface area contributed by atoms with Gasteiger partial charge in [-0.15, -0.1) is 0 Å². The van der Waals surface area contributed by atoms with Crippen LogP contribution in [0.3, 0.4) is 0 Å². The lowest BCUT2D eigenvalue weighted by Gasteiger charge is -2.38. The highest BCUT2D eigenvalue weighted by atomic mass is 16.6. The first-order valence-corrected chi connectivity index (χ1v) is 11.8. The van der Waals surface area contributed by atoms with Gasteiger partial charge in [0.1, 0.15) is 30.6 Å². The standard InChI is InChI=1S/C28H29NO7/c1-16-14-21-25(26(31)22(16)27(32)34-3)24(18-8-7-9-19(30)15-18)23(17(2)29-21)28(33)36-13-12-35-20-10-5-4-6-11-20/h4-11,15-16,22,24,29-30H,12-14H2,1-3H3/t16-,22-,24-/m1/s1. The summed E-state index contributed by atoms with van der Waals surface area (Å²) in [5.74, 6) is -3.05. The minimum Gasteiger partial charge on any atom is -0.508 e. The number of ketones is 1. The van der Waals surface area contributed by atoms with Crippen molar-refractivity contribution < 1.29 is 33.7 Å². The Morgan fingerprint density at radius 1 is 1.08 bits per heavy atom. The molecule has 36 heavy (non-hydrogen) atoms. The predicted octanol–water partition coefficient (Wildman–Crippen LogP) is 3.63. The minimum atomic E-state index is -0.981. The number of dihydropyridines is 1. The van der Waals surface area contributed by atoms with Crippen LogP contribution in [0, 0.1) is 11.8 Å². The van der Waals surface area contributed by atoms with Crippen molar-refractivity contribution in [1.82, 2.24) is 5.32 Å². The average molecular weight is 492 g/mol. The van der Waals surface area contributed by atoms with E-state index in [9.17, 15) is 19.5 Å². The van der Waals surface area contributed by atoms with Crippen molar-refractivity contribution in [2.75, 3.05) is 20.3 Å². The topological polar surface area (TPSA) is 111 Å². The van der Waals surface area contributed by atoms with Crippen LogP contribution in [-0.4, -0.2) is 43.2 Å². The highest BCUT2D eigenvalue weighted by Crippen LogP contribution is 2.45. The first kappa shape index (κ1) is 25.0. The van der Waals surface area contributed by atoms with Gasteiger partial charge in [0, 0.05) is 22.9 Å². The number of ether oxygens (including phenoxy) is 3. The number of rotatable bonds is 7. The van der Waals surface area contributed by atoms with Gasteiger partial charge in [-0.3, -0.25) is 9.59 Å². The summed E-state index contributed by atoms with van der Waals surface area (Å²) in [6.45, 7) is 3.72. The van der Waals surface area contributed by atoms with Crippen LogP contribution in [0.25, 0.3) is 0 Å². The number of esters is 2. The molecular weight excluding hydrogens is 462 g/mol. The van der Waals surface area contributed by atoms with E-state index in [4.69, 9.17) is 14.2 Å². The second-order valence-electron chi connectivity index (χ2n) is 8.93. The van der Waals surface area contributed by atoms with Gasteiger partial charge in [0.2, 0.25) is 0 Å². The molecule has 2 aromatic carbocycles. The largest absolute Gasteiger partial charge is 0.508 e. The van der Waals surface area contributed by atoms with Crippen LogP contribution in [0.1, 0.15) is 31.7 Å². The van der Waals surface area contributed by atoms with Crippen LogP contribution in [0.2, 0.25) is 0 Å². The molecule has 188 valence electrons. The quantitative estimate of drug-likeness (QED) is 0.343. The third-order valence-corrected chi connectivity index (χ3v) is 6.49. The number of aromatic hydroxyl groups is 1. The number of allylic oxidation sites excluding steroid dienone is 3. The smallest absolute Gasteiger partial charge is 0.336 e. The number of phenolic OH excluding ortho intramolecular Hbond substituents is 1. The van der Waals surface area contributed by atoms with Gasteiger partial charge in [-0.05, 0) is 49.1 Å². The first-order chi connectivity index (χ1) is 17.3. The number of hydrogen-bond acceptors (Lipinski definition) is 8. The molecule has 0 bridgehead atoms. The predicted molar refractivity (Wildman–Crippen MR) is 131 cm³/mol. The third kappa shape index (κ3) is 4.98. The van der Waals surface area contributed by atoms with E-state index in [1.807, 2.05) is 25.1 Å². The Balaban J connectivity index is 1.64. The SMILES string of the molecule is COC(=O)[C@H]1C(=O)C2=C(C[C@H]1C)NC(C)=C(C(=O)OCCOc1ccccc1)[C@H]2c1cccc(O)c1. The number of methoxy groups -OCH3 is 1. The second kappa shape index (κ2) is 10.7. The van der Waals surface area contributed by atoms with Crippen molar-refractivity contribution in [1.29, 1.82) is 0 Å². The fraction of sp³-hybridized carbons (Fsp3) is 0.321. The van der Waals surface area contributed by atoms with E-state index < -0.39 is 29.6 Å². The third-order valence-electron chi connectivity index (χ3n) is 6.49. The summed E-state index contributed by atoms with van der Waals surface area (Å²) in [4.78, 5) is 39.5. The fourth-order valence-corrected chi connectivity index (χ4v) is 4.88. The summed E-state index contributed by atoms with van der Waals surface area (Å²) in [7, 11) is 1.25. The Bertz CT molecular complexity index is 1230. The van der Waals surface area contributed by atoms with Crippen LogP contribution in [0.15, 0.2) is 77.1 Å². The molecule has 2 aromatic rings. The van der Waals surface area contributed by atoms with Gasteiger partial charge < -0.3 is 24.6 Å². The second-order valence-corrected chi connectivity index (χ2v) is 8.93. The molecule has 0 fully saturated rings. The zero-order chi connectivity index (χ0) is 25.8. The molecule has 4 rings (SSSR count). The molecule has 8 heteroatoms. The zero-order valence-electron chi connectivity index (χ0n) is 20.4. The van der Waals surface area contributed by atoms with Gasteiger partial charge in [-0.25, -0.2) is 4.79 Å². The van der Waals surface area contributed by atoms with Crippen molar-refractivity contribution in [3.63, 3.8) is 0 Å². The lowest BCUT2D eigenvalue weighted by Crippen LogP contribution is -2.43. The molecule has 1 aliphatic carbocycles. The summed E-state index contributed by atoms with van der Waals surface area (Å²) in [5, 5.41) is 13.4. The van der Waals surface area contributed by atoms with Crippen molar-refractivity contribution >= 4 is 17.7 Å². The zero-order valence-corrected chi connectivity index (χ0v) is 20.4. The molecule has 1 aliphatic heterocycles. The first-order valence-electron chi connectivity index (χ1n) is 11.8. The molecule has 0 radical (unpaired) electrons. The number of phenols is 1. The van der Waals surface area contributed by atoms with Crippen LogP contribution in [0.4, 0.5) is 0 Å². The lowest BCUT2D eigenvalue weighted by molar-refractivity contribution is -0.151. The highest BCUT2D eigenvalue weighted by molar-refractivity contribution is 6.12. The van der Waals surface area contributed by atoms with Crippen molar-refractivity contribution in [3.8, 4) is 11.5 Å². The van der Waals surface area contributed by atoms with E-state index in [0.717, 1.165) is 0 Å². The van der Waals surface area contributed by atoms with Crippen molar-refractivity contribution in [3.05, 3.63) is 82.7 Å². The van der Waals surface area contributed by atoms with Gasteiger partial charge >= 0.3 is 11.9 Å². The van der Waals surface area contributed by atoms with Crippen molar-refractivity contribution in [2.24, 2.45) is 11.8 Å². The van der Waals surface area contributed by atoms with E-state index in [1.165, 1.54) is 19.2 Å². The Hall–Kier alpha value is -4.07. The molecule has 0 saturated carbocycles. The lowest BCUT2D eigenvalue weighted by atomic mass is 9.69. The summed E-state index contributed by atoms with van der Waals surface area (Å²) in [5.41, 5.74) is 2.30. The summed E-state index contributed by atoms with van der Waals surface area (Å²) >= 11 is 0. The van der Waals surface area contributed by atoms with E-state index in [0.29, 0.717) is 34.7 Å². The summed E-state index contributed by atoms with van der Waals surface area (Å²) in [6.07, 6.45) is 0.431. The number of benzene rings is 2. The Labute approximate surface area is 209 Å². The maximum atomic E-state index is 13.7. The van der Waals surface area contributed by atoms with Gasteiger partial charge in [0.25, 0.3) is 0 Å². The number of carbonyl (C=O) groups excluding carboxylic acids is 3. The molecule has 2 N–H and O–H groups in total. The maximum Gasteiger partial charge on any atom is 0.336 e. The Kier molecular flexibility index (Phi) is 7.43. The molecule has 1 heterocycles. The van der Waals surface area contributed by atoms with Gasteiger partial charge in [-0.2, -0.15) is 0 Å². The Morgan fingerprint density at radius 3 is 2.53 bits per heavy atom. The number of Topliss-reactive ketones (excluding diaryl/α,β-unsaturated/α-hetero) is 1. The molecule has 0 aromatic heterocycles. The minimum absolute atomic E-state index is 0.00105. The molecule has 0 unspecified atom stereocenters. The fourth-order valence-electron chi connectivity index (χ4n) is 4.88.